The number of rotatable bonds is 3. The summed E-state index contributed by atoms with van der Waals surface area (Å²) in [5, 5.41) is 12.2. The van der Waals surface area contributed by atoms with Gasteiger partial charge in [0.05, 0.1) is 35.9 Å². The lowest BCUT2D eigenvalue weighted by atomic mass is 9.94. The number of thiocarbonyl (C=S) groups is 1. The minimum Gasteiger partial charge on any atom is -0.466 e. The highest BCUT2D eigenvalue weighted by Crippen LogP contribution is 2.38. The molecule has 1 aliphatic heterocycles. The Labute approximate surface area is 190 Å². The second-order valence-corrected chi connectivity index (χ2v) is 7.85. The molecule has 0 fully saturated rings. The molecule has 160 valence electrons. The van der Waals surface area contributed by atoms with Gasteiger partial charge in [-0.05, 0) is 55.0 Å². The van der Waals surface area contributed by atoms with E-state index in [0.717, 1.165) is 12.1 Å². The van der Waals surface area contributed by atoms with Gasteiger partial charge in [0, 0.05) is 15.9 Å². The molecule has 2 aromatic carbocycles. The van der Waals surface area contributed by atoms with Crippen molar-refractivity contribution in [2.75, 3.05) is 12.0 Å². The van der Waals surface area contributed by atoms with Crippen molar-refractivity contribution >= 4 is 44.9 Å². The molecule has 1 atom stereocenters. The van der Waals surface area contributed by atoms with E-state index < -0.39 is 23.8 Å². The first-order chi connectivity index (χ1) is 14.6. The van der Waals surface area contributed by atoms with Crippen molar-refractivity contribution in [1.82, 2.24) is 5.32 Å². The molecule has 0 spiro atoms. The molecule has 0 unspecified atom stereocenters. The number of carbonyl (C=O) groups excluding carboxylic acids is 1. The van der Waals surface area contributed by atoms with Crippen LogP contribution in [0.25, 0.3) is 0 Å². The Bertz CT molecular complexity index is 1140. The summed E-state index contributed by atoms with van der Waals surface area (Å²) < 4.78 is 45.1. The van der Waals surface area contributed by atoms with Crippen molar-refractivity contribution in [1.29, 1.82) is 5.26 Å². The highest BCUT2D eigenvalue weighted by Gasteiger charge is 2.37. The molecule has 1 aliphatic rings. The van der Waals surface area contributed by atoms with Crippen molar-refractivity contribution < 1.29 is 22.7 Å². The lowest BCUT2D eigenvalue weighted by Crippen LogP contribution is -2.48. The molecule has 3 rings (SSSR count). The molecule has 2 aromatic rings. The third kappa shape index (κ3) is 4.43. The third-order valence-electron chi connectivity index (χ3n) is 4.76. The normalized spacial score (nSPS) is 16.6. The van der Waals surface area contributed by atoms with Gasteiger partial charge < -0.3 is 10.1 Å². The first kappa shape index (κ1) is 22.8. The van der Waals surface area contributed by atoms with Gasteiger partial charge in [0.2, 0.25) is 0 Å². The average Bonchev–Trinajstić information content (AvgIpc) is 2.72. The summed E-state index contributed by atoms with van der Waals surface area (Å²) in [4.78, 5) is 14.0. The molecule has 0 aliphatic carbocycles. The number of alkyl halides is 3. The van der Waals surface area contributed by atoms with Crippen molar-refractivity contribution in [2.45, 2.75) is 19.1 Å². The van der Waals surface area contributed by atoms with Gasteiger partial charge in [-0.2, -0.15) is 18.4 Å². The number of esters is 1. The topological polar surface area (TPSA) is 65.4 Å². The van der Waals surface area contributed by atoms with Crippen LogP contribution < -0.4 is 10.2 Å². The number of ether oxygens (including phenoxy) is 1. The van der Waals surface area contributed by atoms with Gasteiger partial charge in [-0.15, -0.1) is 0 Å². The maximum atomic E-state index is 13.2. The monoisotopic (exact) mass is 509 g/mol. The van der Waals surface area contributed by atoms with Gasteiger partial charge in [-0.25, -0.2) is 4.79 Å². The van der Waals surface area contributed by atoms with E-state index in [1.165, 1.54) is 24.1 Å². The number of hydrogen-bond acceptors (Lipinski definition) is 4. The molecule has 1 heterocycles. The highest BCUT2D eigenvalue weighted by atomic mass is 79.9. The first-order valence-electron chi connectivity index (χ1n) is 8.85. The molecule has 0 aromatic heterocycles. The molecule has 1 N–H and O–H groups in total. The van der Waals surface area contributed by atoms with Gasteiger partial charge >= 0.3 is 12.1 Å². The Morgan fingerprint density at radius 3 is 2.58 bits per heavy atom. The Morgan fingerprint density at radius 1 is 1.29 bits per heavy atom. The highest BCUT2D eigenvalue weighted by molar-refractivity contribution is 9.10. The number of carbonyl (C=O) groups is 1. The summed E-state index contributed by atoms with van der Waals surface area (Å²) in [6, 6.07) is 10.8. The van der Waals surface area contributed by atoms with Gasteiger partial charge in [-0.1, -0.05) is 28.1 Å². The number of nitrogens with one attached hydrogen (secondary N) is 1. The van der Waals surface area contributed by atoms with Gasteiger partial charge in [0.1, 0.15) is 0 Å². The maximum absolute atomic E-state index is 13.2. The van der Waals surface area contributed by atoms with E-state index in [2.05, 4.69) is 21.2 Å². The molecule has 0 saturated heterocycles. The SMILES string of the molecule is COC(=O)C1=C(C)N(c2cccc(C(F)(F)F)c2)C(=S)N[C@@H]1c1ccc(C#N)cc1Br. The van der Waals surface area contributed by atoms with E-state index in [1.54, 1.807) is 25.1 Å². The minimum absolute atomic E-state index is 0.116. The largest absolute Gasteiger partial charge is 0.466 e. The standard InChI is InChI=1S/C21H15BrF3N3O2S/c1-11-17(19(29)30-2)18(15-7-6-12(10-26)8-16(15)22)27-20(31)28(11)14-5-3-4-13(9-14)21(23,24)25/h3-9,18H,1-2H3,(H,27,31)/t18-/m1/s1. The number of hydrogen-bond donors (Lipinski definition) is 1. The van der Waals surface area contributed by atoms with E-state index in [0.29, 0.717) is 21.3 Å². The van der Waals surface area contributed by atoms with E-state index in [9.17, 15) is 18.0 Å². The summed E-state index contributed by atoms with van der Waals surface area (Å²) in [5.41, 5.74) is 0.862. The molecule has 0 saturated carbocycles. The summed E-state index contributed by atoms with van der Waals surface area (Å²) in [5.74, 6) is -0.661. The number of anilines is 1. The van der Waals surface area contributed by atoms with Crippen LogP contribution in [0.5, 0.6) is 0 Å². The second kappa shape index (κ2) is 8.69. The van der Waals surface area contributed by atoms with Crippen LogP contribution in [0.4, 0.5) is 18.9 Å². The maximum Gasteiger partial charge on any atom is 0.416 e. The zero-order chi connectivity index (χ0) is 22.9. The fraction of sp³-hybridized carbons (Fsp3) is 0.190. The average molecular weight is 510 g/mol. The summed E-state index contributed by atoms with van der Waals surface area (Å²) in [7, 11) is 1.22. The minimum atomic E-state index is -4.53. The summed E-state index contributed by atoms with van der Waals surface area (Å²) in [6.45, 7) is 1.59. The number of allylic oxidation sites excluding steroid dienone is 1. The number of halogens is 4. The third-order valence-corrected chi connectivity index (χ3v) is 5.75. The molecular weight excluding hydrogens is 495 g/mol. The van der Waals surface area contributed by atoms with Crippen LogP contribution in [0.1, 0.15) is 29.7 Å². The molecular formula is C21H15BrF3N3O2S. The second-order valence-electron chi connectivity index (χ2n) is 6.60. The smallest absolute Gasteiger partial charge is 0.416 e. The van der Waals surface area contributed by atoms with E-state index in [-0.39, 0.29) is 16.4 Å². The van der Waals surface area contributed by atoms with Crippen LogP contribution in [0.15, 0.2) is 58.2 Å². The van der Waals surface area contributed by atoms with E-state index in [1.807, 2.05) is 6.07 Å². The molecule has 0 amide bonds. The zero-order valence-electron chi connectivity index (χ0n) is 16.2. The Hall–Kier alpha value is -2.90. The Morgan fingerprint density at radius 2 is 2.00 bits per heavy atom. The fourth-order valence-electron chi connectivity index (χ4n) is 3.31. The molecule has 0 bridgehead atoms. The van der Waals surface area contributed by atoms with Gasteiger partial charge in [0.15, 0.2) is 5.11 Å². The predicted molar refractivity (Wildman–Crippen MR) is 116 cm³/mol. The summed E-state index contributed by atoms with van der Waals surface area (Å²) in [6.07, 6.45) is -4.53. The van der Waals surface area contributed by atoms with Crippen molar-refractivity contribution in [3.05, 3.63) is 74.9 Å². The Balaban J connectivity index is 2.17. The number of methoxy groups -OCH3 is 1. The van der Waals surface area contributed by atoms with Crippen LogP contribution in [0.2, 0.25) is 0 Å². The van der Waals surface area contributed by atoms with Crippen LogP contribution in [-0.4, -0.2) is 18.2 Å². The molecule has 5 nitrogen and oxygen atoms in total. The van der Waals surface area contributed by atoms with Crippen LogP contribution in [-0.2, 0) is 15.7 Å². The van der Waals surface area contributed by atoms with Crippen molar-refractivity contribution in [3.8, 4) is 6.07 Å². The molecule has 31 heavy (non-hydrogen) atoms. The predicted octanol–water partition coefficient (Wildman–Crippen LogP) is 5.22. The lowest BCUT2D eigenvalue weighted by molar-refractivity contribution is -0.138. The van der Waals surface area contributed by atoms with Crippen LogP contribution >= 0.6 is 28.1 Å². The van der Waals surface area contributed by atoms with E-state index in [4.69, 9.17) is 22.2 Å². The van der Waals surface area contributed by atoms with Crippen molar-refractivity contribution in [2.24, 2.45) is 0 Å². The van der Waals surface area contributed by atoms with Crippen LogP contribution in [0, 0.1) is 11.3 Å². The quantitative estimate of drug-likeness (QED) is 0.451. The van der Waals surface area contributed by atoms with Gasteiger partial charge in [-0.3, -0.25) is 4.90 Å². The van der Waals surface area contributed by atoms with Gasteiger partial charge in [0.25, 0.3) is 0 Å². The summed E-state index contributed by atoms with van der Waals surface area (Å²) >= 11 is 8.85. The van der Waals surface area contributed by atoms with Crippen molar-refractivity contribution in [3.63, 3.8) is 0 Å². The van der Waals surface area contributed by atoms with Crippen LogP contribution in [0.3, 0.4) is 0 Å². The molecule has 10 heteroatoms. The van der Waals surface area contributed by atoms with E-state index >= 15 is 0 Å². The first-order valence-corrected chi connectivity index (χ1v) is 10.0. The lowest BCUT2D eigenvalue weighted by Gasteiger charge is -2.37. The fourth-order valence-corrected chi connectivity index (χ4v) is 4.28. The molecule has 0 radical (unpaired) electrons. The number of benzene rings is 2. The number of nitrogens with zero attached hydrogens (tertiary/aromatic N) is 2. The zero-order valence-corrected chi connectivity index (χ0v) is 18.7. The number of nitriles is 1. The Kier molecular flexibility index (Phi) is 6.38.